The minimum absolute atomic E-state index is 0.128. The number of aliphatic carboxylic acids is 1. The number of benzene rings is 1. The molecule has 2 aromatic rings. The molecular formula is C31H49F2N4O11PSi2. The summed E-state index contributed by atoms with van der Waals surface area (Å²) in [5.41, 5.74) is -2.16. The van der Waals surface area contributed by atoms with E-state index in [-0.39, 0.29) is 24.8 Å². The van der Waals surface area contributed by atoms with E-state index in [1.807, 2.05) is 19.6 Å². The number of carboxylic acids is 1. The van der Waals surface area contributed by atoms with Crippen LogP contribution in [0.3, 0.4) is 0 Å². The Morgan fingerprint density at radius 3 is 2.25 bits per heavy atom. The summed E-state index contributed by atoms with van der Waals surface area (Å²) < 4.78 is 79.0. The molecule has 0 spiro atoms. The second-order valence-corrected chi connectivity index (χ2v) is 25.6. The van der Waals surface area contributed by atoms with Crippen LogP contribution < -0.4 is 20.6 Å². The van der Waals surface area contributed by atoms with Crippen molar-refractivity contribution in [3.63, 3.8) is 0 Å². The number of carbonyl (C=O) groups excluding carboxylic acids is 1. The fourth-order valence-electron chi connectivity index (χ4n) is 4.76. The van der Waals surface area contributed by atoms with Gasteiger partial charge < -0.3 is 32.7 Å². The first kappa shape index (κ1) is 42.4. The highest BCUT2D eigenvalue weighted by Gasteiger charge is 2.62. The van der Waals surface area contributed by atoms with Crippen LogP contribution in [0, 0.1) is 5.92 Å². The van der Waals surface area contributed by atoms with E-state index < -0.39 is 84.1 Å². The van der Waals surface area contributed by atoms with Gasteiger partial charge in [0.15, 0.2) is 16.6 Å². The number of alkyl halides is 2. The number of aromatic nitrogens is 2. The van der Waals surface area contributed by atoms with E-state index in [1.165, 1.54) is 38.3 Å². The molecule has 3 N–H and O–H groups in total. The number of hydrogen-bond donors (Lipinski definition) is 3. The van der Waals surface area contributed by atoms with E-state index in [4.69, 9.17) is 27.6 Å². The molecule has 1 saturated heterocycles. The molecule has 1 amide bonds. The van der Waals surface area contributed by atoms with Gasteiger partial charge in [-0.05, 0) is 75.9 Å². The Kier molecular flexibility index (Phi) is 13.6. The Morgan fingerprint density at radius 1 is 1.12 bits per heavy atom. The highest BCUT2D eigenvalue weighted by molar-refractivity contribution is 7.57. The number of nitrogens with one attached hydrogen (secondary N) is 2. The van der Waals surface area contributed by atoms with E-state index >= 15 is 8.78 Å². The highest BCUT2D eigenvalue weighted by Crippen LogP contribution is 2.47. The zero-order valence-corrected chi connectivity index (χ0v) is 33.4. The molecule has 1 aromatic heterocycles. The molecule has 0 radical (unpaired) electrons. The lowest BCUT2D eigenvalue weighted by molar-refractivity contribution is -0.145. The maximum absolute atomic E-state index is 15.8. The molecule has 0 aliphatic carbocycles. The van der Waals surface area contributed by atoms with Crippen molar-refractivity contribution < 1.29 is 55.6 Å². The first-order valence-electron chi connectivity index (χ1n) is 16.2. The predicted molar refractivity (Wildman–Crippen MR) is 189 cm³/mol. The summed E-state index contributed by atoms with van der Waals surface area (Å²) in [6.07, 6.45) is -5.12. The van der Waals surface area contributed by atoms with Crippen LogP contribution >= 0.6 is 7.52 Å². The molecule has 15 nitrogen and oxygen atoms in total. The van der Waals surface area contributed by atoms with Crippen LogP contribution in [0.25, 0.3) is 0 Å². The van der Waals surface area contributed by atoms with E-state index in [9.17, 15) is 24.1 Å². The molecule has 20 heteroatoms. The molecule has 1 aliphatic rings. The number of halogens is 2. The minimum atomic E-state index is -3.84. The minimum Gasteiger partial charge on any atom is -0.480 e. The topological polar surface area (TPSA) is 186 Å². The molecule has 1 aliphatic heterocycles. The van der Waals surface area contributed by atoms with Crippen LogP contribution in [0.1, 0.15) is 32.6 Å². The summed E-state index contributed by atoms with van der Waals surface area (Å²) in [4.78, 5) is 41.1. The summed E-state index contributed by atoms with van der Waals surface area (Å²) in [5.74, 6) is -5.35. The number of amides is 1. The van der Waals surface area contributed by atoms with Gasteiger partial charge in [-0.2, -0.15) is 13.8 Å². The van der Waals surface area contributed by atoms with Crippen molar-refractivity contribution in [2.75, 3.05) is 25.4 Å². The van der Waals surface area contributed by atoms with Crippen molar-refractivity contribution in [2.45, 2.75) is 96.6 Å². The molecule has 286 valence electrons. The van der Waals surface area contributed by atoms with Crippen LogP contribution in [0.5, 0.6) is 5.75 Å². The number of rotatable bonds is 17. The Bertz CT molecular complexity index is 1640. The molecule has 51 heavy (non-hydrogen) atoms. The van der Waals surface area contributed by atoms with E-state index in [2.05, 4.69) is 15.4 Å². The second kappa shape index (κ2) is 16.3. The fraction of sp³-hybridized carbons (Fsp3) is 0.613. The number of methoxy groups -OCH3 is 1. The van der Waals surface area contributed by atoms with Gasteiger partial charge in [-0.15, -0.1) is 0 Å². The molecule has 2 heterocycles. The Morgan fingerprint density at radius 2 is 1.75 bits per heavy atom. The van der Waals surface area contributed by atoms with E-state index in [0.717, 1.165) is 12.3 Å². The smallest absolute Gasteiger partial charge is 0.413 e. The molecule has 2 unspecified atom stereocenters. The van der Waals surface area contributed by atoms with Crippen molar-refractivity contribution in [1.82, 2.24) is 14.6 Å². The van der Waals surface area contributed by atoms with Crippen LogP contribution in [0.4, 0.5) is 19.4 Å². The second-order valence-electron chi connectivity index (χ2n) is 14.6. The van der Waals surface area contributed by atoms with Gasteiger partial charge in [0, 0.05) is 13.3 Å². The molecule has 0 saturated carbocycles. The maximum Gasteiger partial charge on any atom is 0.413 e. The summed E-state index contributed by atoms with van der Waals surface area (Å²) >= 11 is 0. The number of hydrogen-bond acceptors (Lipinski definition) is 11. The van der Waals surface area contributed by atoms with Crippen LogP contribution in [0.15, 0.2) is 41.3 Å². The van der Waals surface area contributed by atoms with Crippen LogP contribution in [-0.2, 0) is 39.0 Å². The van der Waals surface area contributed by atoms with Crippen molar-refractivity contribution in [3.05, 3.63) is 52.6 Å². The van der Waals surface area contributed by atoms with Crippen molar-refractivity contribution >= 4 is 42.0 Å². The molecule has 1 fully saturated rings. The Balaban J connectivity index is 1.65. The van der Waals surface area contributed by atoms with Gasteiger partial charge in [0.05, 0.1) is 6.61 Å². The van der Waals surface area contributed by atoms with Crippen molar-refractivity contribution in [2.24, 2.45) is 5.92 Å². The molecule has 0 bridgehead atoms. The number of anilines is 1. The van der Waals surface area contributed by atoms with Gasteiger partial charge >= 0.3 is 31.2 Å². The third-order valence-electron chi connectivity index (χ3n) is 7.67. The van der Waals surface area contributed by atoms with Gasteiger partial charge in [-0.25, -0.2) is 14.7 Å². The third kappa shape index (κ3) is 11.5. The molecule has 5 atom stereocenters. The largest absolute Gasteiger partial charge is 0.480 e. The summed E-state index contributed by atoms with van der Waals surface area (Å²) in [5, 5.41) is 14.6. The first-order valence-corrected chi connectivity index (χ1v) is 24.8. The fourth-order valence-corrected chi connectivity index (χ4v) is 8.52. The average molecular weight is 779 g/mol. The summed E-state index contributed by atoms with van der Waals surface area (Å²) in [6, 6.07) is 7.13. The number of ether oxygens (including phenoxy) is 3. The number of carbonyl (C=O) groups is 2. The molecule has 1 aromatic carbocycles. The zero-order valence-electron chi connectivity index (χ0n) is 30.5. The van der Waals surface area contributed by atoms with Crippen molar-refractivity contribution in [1.29, 1.82) is 0 Å². The maximum atomic E-state index is 15.8. The average Bonchev–Trinajstić information content (AvgIpc) is 3.22. The first-order chi connectivity index (χ1) is 23.4. The third-order valence-corrected chi connectivity index (χ3v) is 11.6. The molecule has 3 rings (SSSR count). The Labute approximate surface area is 298 Å². The normalized spacial score (nSPS) is 21.5. The predicted octanol–water partition coefficient (Wildman–Crippen LogP) is 5.86. The lowest BCUT2D eigenvalue weighted by Crippen LogP contribution is -2.52. The Hall–Kier alpha value is -3.04. The van der Waals surface area contributed by atoms with Crippen LogP contribution in [-0.4, -0.2) is 87.1 Å². The lowest BCUT2D eigenvalue weighted by atomic mass is 9.90. The molecular weight excluding hydrogens is 730 g/mol. The van der Waals surface area contributed by atoms with E-state index in [0.29, 0.717) is 10.1 Å². The lowest BCUT2D eigenvalue weighted by Gasteiger charge is -2.34. The summed E-state index contributed by atoms with van der Waals surface area (Å²) in [6.45, 7) is 15.5. The van der Waals surface area contributed by atoms with Gasteiger partial charge in [-0.1, -0.05) is 26.0 Å². The monoisotopic (exact) mass is 778 g/mol. The van der Waals surface area contributed by atoms with Crippen LogP contribution in [0.2, 0.25) is 39.3 Å². The highest BCUT2D eigenvalue weighted by atomic mass is 31.2. The van der Waals surface area contributed by atoms with Gasteiger partial charge in [0.25, 0.3) is 0 Å². The quantitative estimate of drug-likeness (QED) is 0.128. The van der Waals surface area contributed by atoms with Crippen molar-refractivity contribution in [3.8, 4) is 5.75 Å². The van der Waals surface area contributed by atoms with E-state index in [1.54, 1.807) is 33.5 Å². The number of carboxylic acid groups (broad SMARTS) is 1. The van der Waals surface area contributed by atoms with Gasteiger partial charge in [0.1, 0.15) is 42.3 Å². The number of nitrogens with zero attached hydrogens (tertiary/aromatic N) is 2. The van der Waals surface area contributed by atoms with Gasteiger partial charge in [0.2, 0.25) is 6.23 Å². The summed E-state index contributed by atoms with van der Waals surface area (Å²) in [7, 11) is -7.10. The van der Waals surface area contributed by atoms with Gasteiger partial charge in [-0.3, -0.25) is 19.2 Å². The standard InChI is InChI=1S/C31H49F2N4O11PSi2/c1-20(2)30(3,27(38)39)36-49(42,19-43-4)47-22-13-11-21(12-14-22)17-44-29(41)35-24-15-16-37(28(40)34-24)26-31(32,33)25(48-51(8,9)10)23(46-26)18-45-50(5,6)7/h11-16,20,23,25-26H,17-19H2,1-10H3,(H,36,42)(H,38,39)(H,34,35,40,41)/t23-,25-,26-,30?,49?/m1/s1. The zero-order chi connectivity index (χ0) is 38.6. The SMILES string of the molecule is COCP(=O)(NC(C)(C(=O)O)C(C)C)Oc1ccc(COC(=O)Nc2ccn([C@@H]3O[C@H](CO[Si](C)(C)C)[C@@H](O[Si](C)(C)C)C3(F)F)c(=O)n2)cc1.